The smallest absolute Gasteiger partial charge is 0.160 e. The Kier molecular flexibility index (Phi) is 4.46. The predicted octanol–water partition coefficient (Wildman–Crippen LogP) is 3.57. The van der Waals surface area contributed by atoms with Crippen molar-refractivity contribution in [1.82, 2.24) is 0 Å². The summed E-state index contributed by atoms with van der Waals surface area (Å²) in [4.78, 5) is 11.8. The van der Waals surface area contributed by atoms with Gasteiger partial charge in [-0.05, 0) is 43.4 Å². The van der Waals surface area contributed by atoms with Gasteiger partial charge in [0.05, 0.1) is 14.2 Å². The lowest BCUT2D eigenvalue weighted by atomic mass is 9.74. The number of hydrogen-bond donors (Lipinski definition) is 0. The van der Waals surface area contributed by atoms with Gasteiger partial charge in [0.25, 0.3) is 0 Å². The number of benzene rings is 1. The van der Waals surface area contributed by atoms with Crippen molar-refractivity contribution in [2.45, 2.75) is 38.5 Å². The summed E-state index contributed by atoms with van der Waals surface area (Å²) in [5, 5.41) is 0. The van der Waals surface area contributed by atoms with Gasteiger partial charge < -0.3 is 9.47 Å². The average Bonchev–Trinajstić information content (AvgIpc) is 2.46. The number of hydrogen-bond acceptors (Lipinski definition) is 3. The molecule has 0 aromatic heterocycles. The molecule has 1 saturated carbocycles. The third-order valence-electron chi connectivity index (χ3n) is 4.12. The molecule has 19 heavy (non-hydrogen) atoms. The summed E-state index contributed by atoms with van der Waals surface area (Å²) in [5.74, 6) is 2.27. The van der Waals surface area contributed by atoms with E-state index >= 15 is 0 Å². The summed E-state index contributed by atoms with van der Waals surface area (Å²) in [6, 6.07) is 6.01. The van der Waals surface area contributed by atoms with Gasteiger partial charge in [0.1, 0.15) is 5.78 Å². The molecule has 2 rings (SSSR count). The number of methoxy groups -OCH3 is 2. The Morgan fingerprint density at radius 3 is 2.42 bits per heavy atom. The molecular weight excluding hydrogens is 240 g/mol. The quantitative estimate of drug-likeness (QED) is 0.832. The normalized spacial score (nSPS) is 22.9. The number of ether oxygens (including phenoxy) is 2. The van der Waals surface area contributed by atoms with Gasteiger partial charge in [0.2, 0.25) is 0 Å². The molecule has 1 aliphatic carbocycles. The van der Waals surface area contributed by atoms with E-state index in [9.17, 15) is 4.79 Å². The zero-order valence-corrected chi connectivity index (χ0v) is 11.9. The third-order valence-corrected chi connectivity index (χ3v) is 4.12. The highest BCUT2D eigenvalue weighted by Crippen LogP contribution is 2.41. The molecule has 0 saturated heterocycles. The number of rotatable bonds is 4. The van der Waals surface area contributed by atoms with Crippen LogP contribution in [-0.2, 0) is 4.79 Å². The number of ketones is 1. The van der Waals surface area contributed by atoms with Gasteiger partial charge >= 0.3 is 0 Å². The van der Waals surface area contributed by atoms with E-state index in [4.69, 9.17) is 9.47 Å². The van der Waals surface area contributed by atoms with Crippen molar-refractivity contribution >= 4 is 5.78 Å². The van der Waals surface area contributed by atoms with E-state index in [2.05, 4.69) is 6.07 Å². The number of carbonyl (C=O) groups excluding carboxylic acids is 1. The second-order valence-corrected chi connectivity index (χ2v) is 5.22. The second kappa shape index (κ2) is 6.09. The summed E-state index contributed by atoms with van der Waals surface area (Å²) in [6.45, 7) is 1.71. The second-order valence-electron chi connectivity index (χ2n) is 5.22. The SMILES string of the molecule is COc1ccc(C2CCCCC2C(C)=O)cc1OC. The summed E-state index contributed by atoms with van der Waals surface area (Å²) in [7, 11) is 3.28. The molecule has 1 fully saturated rings. The molecule has 3 heteroatoms. The van der Waals surface area contributed by atoms with Gasteiger partial charge in [0.15, 0.2) is 11.5 Å². The van der Waals surface area contributed by atoms with Crippen molar-refractivity contribution in [3.8, 4) is 11.5 Å². The van der Waals surface area contributed by atoms with Crippen LogP contribution in [0.1, 0.15) is 44.1 Å². The van der Waals surface area contributed by atoms with E-state index in [1.165, 1.54) is 12.0 Å². The third kappa shape index (κ3) is 2.91. The van der Waals surface area contributed by atoms with Gasteiger partial charge in [-0.2, -0.15) is 0 Å². The standard InChI is InChI=1S/C16H22O3/c1-11(17)13-6-4-5-7-14(13)12-8-9-15(18-2)16(10-12)19-3/h8-10,13-14H,4-7H2,1-3H3. The zero-order chi connectivity index (χ0) is 13.8. The Labute approximate surface area is 114 Å². The van der Waals surface area contributed by atoms with Crippen LogP contribution in [0, 0.1) is 5.92 Å². The Bertz CT molecular complexity index is 453. The van der Waals surface area contributed by atoms with E-state index in [1.807, 2.05) is 12.1 Å². The summed E-state index contributed by atoms with van der Waals surface area (Å²) in [5.41, 5.74) is 1.19. The van der Waals surface area contributed by atoms with Gasteiger partial charge in [-0.1, -0.05) is 18.9 Å². The minimum Gasteiger partial charge on any atom is -0.493 e. The van der Waals surface area contributed by atoms with Crippen LogP contribution in [-0.4, -0.2) is 20.0 Å². The first-order chi connectivity index (χ1) is 9.17. The van der Waals surface area contributed by atoms with E-state index < -0.39 is 0 Å². The van der Waals surface area contributed by atoms with Gasteiger partial charge in [-0.25, -0.2) is 0 Å². The summed E-state index contributed by atoms with van der Waals surface area (Å²) >= 11 is 0. The van der Waals surface area contributed by atoms with Crippen molar-refractivity contribution in [1.29, 1.82) is 0 Å². The van der Waals surface area contributed by atoms with Crippen molar-refractivity contribution < 1.29 is 14.3 Å². The lowest BCUT2D eigenvalue weighted by Gasteiger charge is -2.30. The van der Waals surface area contributed by atoms with Crippen LogP contribution in [0.4, 0.5) is 0 Å². The molecule has 0 radical (unpaired) electrons. The molecule has 2 atom stereocenters. The molecule has 0 N–H and O–H groups in total. The van der Waals surface area contributed by atoms with E-state index in [-0.39, 0.29) is 5.92 Å². The fourth-order valence-corrected chi connectivity index (χ4v) is 3.10. The molecule has 104 valence electrons. The predicted molar refractivity (Wildman–Crippen MR) is 74.9 cm³/mol. The highest BCUT2D eigenvalue weighted by molar-refractivity contribution is 5.79. The minimum absolute atomic E-state index is 0.159. The average molecular weight is 262 g/mol. The van der Waals surface area contributed by atoms with Crippen molar-refractivity contribution in [3.63, 3.8) is 0 Å². The largest absolute Gasteiger partial charge is 0.493 e. The fourth-order valence-electron chi connectivity index (χ4n) is 3.10. The van der Waals surface area contributed by atoms with Crippen LogP contribution in [0.2, 0.25) is 0 Å². The lowest BCUT2D eigenvalue weighted by molar-refractivity contribution is -0.122. The van der Waals surface area contributed by atoms with Crippen LogP contribution in [0.5, 0.6) is 11.5 Å². The fraction of sp³-hybridized carbons (Fsp3) is 0.562. The van der Waals surface area contributed by atoms with E-state index in [0.717, 1.165) is 30.8 Å². The number of carbonyl (C=O) groups is 1. The van der Waals surface area contributed by atoms with E-state index in [1.54, 1.807) is 21.1 Å². The zero-order valence-electron chi connectivity index (χ0n) is 11.9. The lowest BCUT2D eigenvalue weighted by Crippen LogP contribution is -2.23. The monoisotopic (exact) mass is 262 g/mol. The van der Waals surface area contributed by atoms with Crippen LogP contribution in [0.3, 0.4) is 0 Å². The minimum atomic E-state index is 0.159. The van der Waals surface area contributed by atoms with Crippen LogP contribution in [0.25, 0.3) is 0 Å². The van der Waals surface area contributed by atoms with E-state index in [0.29, 0.717) is 11.7 Å². The molecule has 0 amide bonds. The Morgan fingerprint density at radius 1 is 1.11 bits per heavy atom. The van der Waals surface area contributed by atoms with Gasteiger partial charge in [-0.15, -0.1) is 0 Å². The summed E-state index contributed by atoms with van der Waals surface area (Å²) in [6.07, 6.45) is 4.45. The first-order valence-corrected chi connectivity index (χ1v) is 6.89. The van der Waals surface area contributed by atoms with Gasteiger partial charge in [-0.3, -0.25) is 4.79 Å². The maximum absolute atomic E-state index is 11.8. The highest BCUT2D eigenvalue weighted by atomic mass is 16.5. The molecule has 0 spiro atoms. The van der Waals surface area contributed by atoms with Crippen molar-refractivity contribution in [2.24, 2.45) is 5.92 Å². The maximum Gasteiger partial charge on any atom is 0.160 e. The molecule has 2 unspecified atom stereocenters. The van der Waals surface area contributed by atoms with Crippen LogP contribution >= 0.6 is 0 Å². The maximum atomic E-state index is 11.8. The van der Waals surface area contributed by atoms with Crippen LogP contribution in [0.15, 0.2) is 18.2 Å². The molecule has 1 aliphatic rings. The molecule has 1 aromatic rings. The number of Topliss-reactive ketones (excluding diaryl/α,β-unsaturated/α-hetero) is 1. The Balaban J connectivity index is 2.31. The van der Waals surface area contributed by atoms with Crippen molar-refractivity contribution in [3.05, 3.63) is 23.8 Å². The Morgan fingerprint density at radius 2 is 1.79 bits per heavy atom. The Hall–Kier alpha value is -1.51. The molecular formula is C16H22O3. The molecule has 1 aromatic carbocycles. The molecule has 0 aliphatic heterocycles. The summed E-state index contributed by atoms with van der Waals surface area (Å²) < 4.78 is 10.6. The molecule has 0 heterocycles. The molecule has 3 nitrogen and oxygen atoms in total. The van der Waals surface area contributed by atoms with Gasteiger partial charge in [0, 0.05) is 5.92 Å². The van der Waals surface area contributed by atoms with Crippen LogP contribution < -0.4 is 9.47 Å². The first-order valence-electron chi connectivity index (χ1n) is 6.89. The topological polar surface area (TPSA) is 35.5 Å². The molecule has 0 bridgehead atoms. The first kappa shape index (κ1) is 13.9. The highest BCUT2D eigenvalue weighted by Gasteiger charge is 2.30. The van der Waals surface area contributed by atoms with Crippen molar-refractivity contribution in [2.75, 3.05) is 14.2 Å².